The molecule has 0 aliphatic heterocycles. The summed E-state index contributed by atoms with van der Waals surface area (Å²) in [6.45, 7) is 1.73. The molecule has 0 bridgehead atoms. The zero-order valence-corrected chi connectivity index (χ0v) is 8.08. The van der Waals surface area contributed by atoms with Crippen LogP contribution in [0.5, 0.6) is 0 Å². The molecule has 12 heavy (non-hydrogen) atoms. The van der Waals surface area contributed by atoms with E-state index in [2.05, 4.69) is 0 Å². The van der Waals surface area contributed by atoms with Crippen LogP contribution in [0.1, 0.15) is 6.92 Å². The van der Waals surface area contributed by atoms with Crippen LogP contribution in [-0.4, -0.2) is 5.94 Å². The molecule has 0 N–H and O–H groups in total. The number of allylic oxidation sites excluding steroid dienone is 1. The molecule has 0 radical (unpaired) electrons. The first kappa shape index (κ1) is 9.40. The third-order valence-corrected chi connectivity index (χ3v) is 2.38. The largest absolute Gasteiger partial charge is 0.233 e. The van der Waals surface area contributed by atoms with Gasteiger partial charge in [0.1, 0.15) is 5.94 Å². The summed E-state index contributed by atoms with van der Waals surface area (Å²) in [6, 6.07) is 7.33. The minimum atomic E-state index is 0.623. The van der Waals surface area contributed by atoms with Gasteiger partial charge < -0.3 is 0 Å². The Morgan fingerprint density at radius 3 is 2.50 bits per heavy atom. The zero-order chi connectivity index (χ0) is 8.97. The van der Waals surface area contributed by atoms with Gasteiger partial charge in [0.25, 0.3) is 0 Å². The third-order valence-electron chi connectivity index (χ3n) is 1.23. The number of benzene rings is 1. The molecule has 3 heteroatoms. The van der Waals surface area contributed by atoms with E-state index >= 15 is 0 Å². The number of hydrogen-bond acceptors (Lipinski definition) is 2. The summed E-state index contributed by atoms with van der Waals surface area (Å²) in [5.74, 6) is 1.82. The molecule has 0 saturated carbocycles. The van der Waals surface area contributed by atoms with Gasteiger partial charge in [-0.15, -0.1) is 0 Å². The first-order valence-corrected chi connectivity index (χ1v) is 4.57. The van der Waals surface area contributed by atoms with Crippen LogP contribution < -0.4 is 0 Å². The van der Waals surface area contributed by atoms with E-state index in [1.165, 1.54) is 11.8 Å². The highest BCUT2D eigenvalue weighted by Gasteiger charge is 1.95. The van der Waals surface area contributed by atoms with E-state index < -0.39 is 0 Å². The van der Waals surface area contributed by atoms with Gasteiger partial charge in [0, 0.05) is 9.92 Å². The normalized spacial score (nSPS) is 9.17. The number of halogens is 1. The lowest BCUT2D eigenvalue weighted by Gasteiger charge is -1.96. The average molecular weight is 199 g/mol. The van der Waals surface area contributed by atoms with Crippen LogP contribution in [0, 0.1) is 0 Å². The fourth-order valence-corrected chi connectivity index (χ4v) is 1.49. The lowest BCUT2D eigenvalue weighted by molar-refractivity contribution is 0.568. The number of thioether (sulfide) groups is 1. The minimum Gasteiger partial charge on any atom is -0.233 e. The van der Waals surface area contributed by atoms with Gasteiger partial charge in [-0.25, -0.2) is 4.79 Å². The topological polar surface area (TPSA) is 17.1 Å². The van der Waals surface area contributed by atoms with E-state index in [0.29, 0.717) is 9.93 Å². The molecular formula is C9H7ClOS. The Bertz CT molecular complexity index is 312. The molecule has 1 nitrogen and oxygen atoms in total. The summed E-state index contributed by atoms with van der Waals surface area (Å²) in [7, 11) is 0. The monoisotopic (exact) mass is 198 g/mol. The highest BCUT2D eigenvalue weighted by Crippen LogP contribution is 2.25. The van der Waals surface area contributed by atoms with Crippen molar-refractivity contribution in [3.05, 3.63) is 34.2 Å². The summed E-state index contributed by atoms with van der Waals surface area (Å²) in [5.41, 5.74) is 0. The predicted molar refractivity (Wildman–Crippen MR) is 52.2 cm³/mol. The molecule has 0 heterocycles. The smallest absolute Gasteiger partial charge is 0.134 e. The molecule has 1 rings (SSSR count). The van der Waals surface area contributed by atoms with Crippen LogP contribution in [-0.2, 0) is 4.79 Å². The van der Waals surface area contributed by atoms with Crippen molar-refractivity contribution < 1.29 is 4.79 Å². The van der Waals surface area contributed by atoms with Crippen molar-refractivity contribution in [1.29, 1.82) is 0 Å². The lowest BCUT2D eigenvalue weighted by Crippen LogP contribution is -1.71. The van der Waals surface area contributed by atoms with E-state index in [1.807, 2.05) is 18.1 Å². The fourth-order valence-electron chi connectivity index (χ4n) is 0.700. The number of rotatable bonds is 2. The van der Waals surface area contributed by atoms with Crippen LogP contribution in [0.15, 0.2) is 34.1 Å². The zero-order valence-electron chi connectivity index (χ0n) is 6.50. The molecule has 0 saturated heterocycles. The SMILES string of the molecule is CC(=C=O)Sc1ccc(Cl)cc1. The second kappa shape index (κ2) is 4.36. The Hall–Kier alpha value is -0.690. The summed E-state index contributed by atoms with van der Waals surface area (Å²) < 4.78 is 0. The molecule has 0 amide bonds. The van der Waals surface area contributed by atoms with Crippen molar-refractivity contribution in [3.8, 4) is 0 Å². The van der Waals surface area contributed by atoms with Crippen LogP contribution >= 0.6 is 23.4 Å². The standard InChI is InChI=1S/C9H7ClOS/c1-7(6-11)12-9-4-2-8(10)3-5-9/h2-5H,1H3. The van der Waals surface area contributed by atoms with Gasteiger partial charge >= 0.3 is 0 Å². The van der Waals surface area contributed by atoms with Crippen molar-refractivity contribution in [2.45, 2.75) is 11.8 Å². The first-order valence-electron chi connectivity index (χ1n) is 3.37. The van der Waals surface area contributed by atoms with E-state index in [9.17, 15) is 4.79 Å². The molecule has 1 aromatic rings. The third kappa shape index (κ3) is 2.74. The molecule has 62 valence electrons. The van der Waals surface area contributed by atoms with Crippen molar-refractivity contribution in [2.24, 2.45) is 0 Å². The maximum absolute atomic E-state index is 10.2. The minimum absolute atomic E-state index is 0.623. The van der Waals surface area contributed by atoms with Crippen molar-refractivity contribution >= 4 is 29.3 Å². The van der Waals surface area contributed by atoms with Crippen molar-refractivity contribution in [1.82, 2.24) is 0 Å². The van der Waals surface area contributed by atoms with E-state index in [0.717, 1.165) is 4.90 Å². The van der Waals surface area contributed by atoms with Gasteiger partial charge in [-0.1, -0.05) is 23.4 Å². The maximum Gasteiger partial charge on any atom is 0.134 e. The van der Waals surface area contributed by atoms with Gasteiger partial charge in [-0.3, -0.25) is 0 Å². The second-order valence-corrected chi connectivity index (χ2v) is 3.94. The molecule has 0 fully saturated rings. The summed E-state index contributed by atoms with van der Waals surface area (Å²) in [5, 5.41) is 0.701. The van der Waals surface area contributed by atoms with Crippen molar-refractivity contribution in [2.75, 3.05) is 0 Å². The second-order valence-electron chi connectivity index (χ2n) is 2.21. The Balaban J connectivity index is 2.78. The quantitative estimate of drug-likeness (QED) is 0.537. The van der Waals surface area contributed by atoms with Gasteiger partial charge in [-0.2, -0.15) is 0 Å². The molecule has 0 atom stereocenters. The van der Waals surface area contributed by atoms with Crippen LogP contribution in [0.2, 0.25) is 5.02 Å². The van der Waals surface area contributed by atoms with Gasteiger partial charge in [0.2, 0.25) is 0 Å². The van der Waals surface area contributed by atoms with Gasteiger partial charge in [0.05, 0.1) is 4.91 Å². The Morgan fingerprint density at radius 1 is 1.42 bits per heavy atom. The Morgan fingerprint density at radius 2 is 2.00 bits per heavy atom. The Labute approximate surface area is 80.4 Å². The number of carbonyl (C=O) groups excluding carboxylic acids is 1. The summed E-state index contributed by atoms with van der Waals surface area (Å²) >= 11 is 7.08. The maximum atomic E-state index is 10.2. The first-order chi connectivity index (χ1) is 5.72. The molecular weight excluding hydrogens is 192 g/mol. The molecule has 0 unspecified atom stereocenters. The van der Waals surface area contributed by atoms with Gasteiger partial charge in [-0.05, 0) is 31.2 Å². The predicted octanol–water partition coefficient (Wildman–Crippen LogP) is 3.17. The summed E-state index contributed by atoms with van der Waals surface area (Å²) in [4.78, 5) is 11.8. The Kier molecular flexibility index (Phi) is 3.42. The van der Waals surface area contributed by atoms with Crippen LogP contribution in [0.3, 0.4) is 0 Å². The van der Waals surface area contributed by atoms with Crippen LogP contribution in [0.25, 0.3) is 0 Å². The highest BCUT2D eigenvalue weighted by atomic mass is 35.5. The molecule has 0 spiro atoms. The van der Waals surface area contributed by atoms with E-state index in [-0.39, 0.29) is 0 Å². The van der Waals surface area contributed by atoms with Crippen LogP contribution in [0.4, 0.5) is 0 Å². The van der Waals surface area contributed by atoms with E-state index in [4.69, 9.17) is 11.6 Å². The van der Waals surface area contributed by atoms with E-state index in [1.54, 1.807) is 19.1 Å². The molecule has 1 aromatic carbocycles. The lowest BCUT2D eigenvalue weighted by atomic mass is 10.4. The highest BCUT2D eigenvalue weighted by molar-refractivity contribution is 8.03. The molecule has 0 aliphatic rings. The average Bonchev–Trinajstić information content (AvgIpc) is 2.09. The van der Waals surface area contributed by atoms with Crippen molar-refractivity contribution in [3.63, 3.8) is 0 Å². The fraction of sp³-hybridized carbons (Fsp3) is 0.111. The summed E-state index contributed by atoms with van der Waals surface area (Å²) in [6.07, 6.45) is 0. The molecule has 0 aromatic heterocycles. The molecule has 0 aliphatic carbocycles. The number of hydrogen-bond donors (Lipinski definition) is 0. The van der Waals surface area contributed by atoms with Gasteiger partial charge in [0.15, 0.2) is 0 Å².